The van der Waals surface area contributed by atoms with Crippen LogP contribution in [0.2, 0.25) is 0 Å². The zero-order chi connectivity index (χ0) is 19.2. The Morgan fingerprint density at radius 1 is 1.04 bits per heavy atom. The Morgan fingerprint density at radius 3 is 2.42 bits per heavy atom. The molecule has 1 aromatic carbocycles. The highest BCUT2D eigenvalue weighted by Gasteiger charge is 2.25. The monoisotopic (exact) mass is 364 g/mol. The molecule has 7 heteroatoms. The van der Waals surface area contributed by atoms with Gasteiger partial charge in [0.2, 0.25) is 5.91 Å². The molecule has 0 spiro atoms. The van der Waals surface area contributed by atoms with Gasteiger partial charge >= 0.3 is 12.1 Å². The molecule has 1 aromatic rings. The first-order valence-electron chi connectivity index (χ1n) is 8.97. The first kappa shape index (κ1) is 21.5. The van der Waals surface area contributed by atoms with Crippen LogP contribution in [0.1, 0.15) is 45.1 Å². The van der Waals surface area contributed by atoms with Crippen molar-refractivity contribution in [2.75, 3.05) is 13.2 Å². The highest BCUT2D eigenvalue weighted by molar-refractivity contribution is 5.89. The van der Waals surface area contributed by atoms with Crippen molar-refractivity contribution >= 4 is 18.0 Å². The van der Waals surface area contributed by atoms with Crippen LogP contribution in [0.25, 0.3) is 0 Å². The number of rotatable bonds is 11. The predicted molar refractivity (Wildman–Crippen MR) is 97.3 cm³/mol. The molecule has 2 N–H and O–H groups in total. The maximum atomic E-state index is 12.3. The quantitative estimate of drug-likeness (QED) is 0.465. The van der Waals surface area contributed by atoms with E-state index in [1.54, 1.807) is 6.92 Å². The summed E-state index contributed by atoms with van der Waals surface area (Å²) in [5.74, 6) is -0.976. The van der Waals surface area contributed by atoms with Crippen molar-refractivity contribution in [2.24, 2.45) is 0 Å². The van der Waals surface area contributed by atoms with Gasteiger partial charge in [-0.2, -0.15) is 0 Å². The summed E-state index contributed by atoms with van der Waals surface area (Å²) in [5, 5.41) is 5.17. The van der Waals surface area contributed by atoms with Gasteiger partial charge in [0, 0.05) is 6.54 Å². The summed E-state index contributed by atoms with van der Waals surface area (Å²) in [7, 11) is 0. The molecule has 0 fully saturated rings. The molecule has 0 saturated heterocycles. The van der Waals surface area contributed by atoms with Crippen LogP contribution in [0.4, 0.5) is 4.79 Å². The summed E-state index contributed by atoms with van der Waals surface area (Å²) in [5.41, 5.74) is 0.827. The number of alkyl carbamates (subject to hydrolysis) is 1. The minimum atomic E-state index is -1.03. The van der Waals surface area contributed by atoms with Crippen molar-refractivity contribution in [3.05, 3.63) is 35.9 Å². The van der Waals surface area contributed by atoms with Gasteiger partial charge in [0.15, 0.2) is 0 Å². The lowest BCUT2D eigenvalue weighted by atomic mass is 10.2. The third kappa shape index (κ3) is 9.05. The summed E-state index contributed by atoms with van der Waals surface area (Å²) in [6, 6.07) is 8.16. The minimum Gasteiger partial charge on any atom is -0.466 e. The fraction of sp³-hybridized carbons (Fsp3) is 0.526. The van der Waals surface area contributed by atoms with Gasteiger partial charge in [0.05, 0.1) is 13.0 Å². The predicted octanol–water partition coefficient (Wildman–Crippen LogP) is 2.54. The van der Waals surface area contributed by atoms with Crippen LogP contribution in [-0.2, 0) is 25.7 Å². The molecule has 1 atom stereocenters. The van der Waals surface area contributed by atoms with Gasteiger partial charge in [-0.15, -0.1) is 0 Å². The molecule has 0 aliphatic rings. The number of carbonyl (C=O) groups is 3. The van der Waals surface area contributed by atoms with Gasteiger partial charge in [-0.1, -0.05) is 50.1 Å². The smallest absolute Gasteiger partial charge is 0.408 e. The van der Waals surface area contributed by atoms with Gasteiger partial charge in [0.25, 0.3) is 0 Å². The molecule has 7 nitrogen and oxygen atoms in total. The Bertz CT molecular complexity index is 562. The molecule has 1 rings (SSSR count). The number of benzene rings is 1. The van der Waals surface area contributed by atoms with E-state index in [1.807, 2.05) is 30.3 Å². The van der Waals surface area contributed by atoms with Gasteiger partial charge in [-0.3, -0.25) is 9.59 Å². The van der Waals surface area contributed by atoms with Crippen LogP contribution in [0.3, 0.4) is 0 Å². The summed E-state index contributed by atoms with van der Waals surface area (Å²) in [6.07, 6.45) is 1.87. The second-order valence-electron chi connectivity index (χ2n) is 5.77. The number of unbranched alkanes of at least 4 members (excludes halogenated alkanes) is 2. The molecule has 0 bridgehead atoms. The first-order valence-corrected chi connectivity index (χ1v) is 8.97. The Hall–Kier alpha value is -2.57. The number of hydrogen-bond donors (Lipinski definition) is 2. The highest BCUT2D eigenvalue weighted by Crippen LogP contribution is 2.02. The molecule has 144 valence electrons. The average Bonchev–Trinajstić information content (AvgIpc) is 2.64. The third-order valence-electron chi connectivity index (χ3n) is 3.58. The second-order valence-corrected chi connectivity index (χ2v) is 5.77. The molecule has 0 saturated carbocycles. The standard InChI is InChI=1S/C19H28N2O5/c1-3-5-9-12-20-18(23)16(13-17(22)25-4-2)21-19(24)26-14-15-10-7-6-8-11-15/h6-8,10-11,16H,3-5,9,12-14H2,1-2H3,(H,20,23)(H,21,24)/t16-/m0/s1. The van der Waals surface area contributed by atoms with E-state index < -0.39 is 24.0 Å². The SMILES string of the molecule is CCCCCNC(=O)[C@H](CC(=O)OCC)NC(=O)OCc1ccccc1. The Labute approximate surface area is 154 Å². The zero-order valence-corrected chi connectivity index (χ0v) is 15.5. The molecular weight excluding hydrogens is 336 g/mol. The van der Waals surface area contributed by atoms with Crippen molar-refractivity contribution in [1.29, 1.82) is 0 Å². The Kier molecular flexibility index (Phi) is 10.5. The van der Waals surface area contributed by atoms with E-state index in [-0.39, 0.29) is 19.6 Å². The van der Waals surface area contributed by atoms with E-state index in [1.165, 1.54) is 0 Å². The molecule has 0 unspecified atom stereocenters. The van der Waals surface area contributed by atoms with Gasteiger partial charge in [0.1, 0.15) is 12.6 Å². The Balaban J connectivity index is 2.54. The zero-order valence-electron chi connectivity index (χ0n) is 15.5. The van der Waals surface area contributed by atoms with Crippen LogP contribution in [-0.4, -0.2) is 37.2 Å². The van der Waals surface area contributed by atoms with E-state index >= 15 is 0 Å². The van der Waals surface area contributed by atoms with Crippen LogP contribution < -0.4 is 10.6 Å². The summed E-state index contributed by atoms with van der Waals surface area (Å²) in [6.45, 7) is 4.53. The van der Waals surface area contributed by atoms with Crippen LogP contribution in [0, 0.1) is 0 Å². The molecule has 0 aromatic heterocycles. The lowest BCUT2D eigenvalue weighted by molar-refractivity contribution is -0.145. The largest absolute Gasteiger partial charge is 0.466 e. The topological polar surface area (TPSA) is 93.7 Å². The van der Waals surface area contributed by atoms with E-state index in [0.29, 0.717) is 6.54 Å². The van der Waals surface area contributed by atoms with Crippen molar-refractivity contribution in [1.82, 2.24) is 10.6 Å². The van der Waals surface area contributed by atoms with Crippen molar-refractivity contribution < 1.29 is 23.9 Å². The highest BCUT2D eigenvalue weighted by atomic mass is 16.5. The third-order valence-corrected chi connectivity index (χ3v) is 3.58. The fourth-order valence-electron chi connectivity index (χ4n) is 2.21. The molecular formula is C19H28N2O5. The fourth-order valence-corrected chi connectivity index (χ4v) is 2.21. The Morgan fingerprint density at radius 2 is 1.77 bits per heavy atom. The molecule has 0 aliphatic heterocycles. The number of nitrogens with one attached hydrogen (secondary N) is 2. The summed E-state index contributed by atoms with van der Waals surface area (Å²) < 4.78 is 9.98. The maximum absolute atomic E-state index is 12.3. The van der Waals surface area contributed by atoms with Crippen molar-refractivity contribution in [3.63, 3.8) is 0 Å². The van der Waals surface area contributed by atoms with Crippen LogP contribution in [0.5, 0.6) is 0 Å². The van der Waals surface area contributed by atoms with Gasteiger partial charge in [-0.25, -0.2) is 4.79 Å². The first-order chi connectivity index (χ1) is 12.6. The molecule has 2 amide bonds. The number of ether oxygens (including phenoxy) is 2. The number of amides is 2. The van der Waals surface area contributed by atoms with Crippen LogP contribution >= 0.6 is 0 Å². The molecule has 0 aliphatic carbocycles. The minimum absolute atomic E-state index is 0.0803. The van der Waals surface area contributed by atoms with E-state index in [0.717, 1.165) is 24.8 Å². The maximum Gasteiger partial charge on any atom is 0.408 e. The summed E-state index contributed by atoms with van der Waals surface area (Å²) in [4.78, 5) is 35.9. The number of hydrogen-bond acceptors (Lipinski definition) is 5. The molecule has 26 heavy (non-hydrogen) atoms. The average molecular weight is 364 g/mol. The molecule has 0 radical (unpaired) electrons. The van der Waals surface area contributed by atoms with Crippen molar-refractivity contribution in [3.8, 4) is 0 Å². The lowest BCUT2D eigenvalue weighted by Crippen LogP contribution is -2.48. The molecule has 0 heterocycles. The summed E-state index contributed by atoms with van der Waals surface area (Å²) >= 11 is 0. The number of carbonyl (C=O) groups excluding carboxylic acids is 3. The van der Waals surface area contributed by atoms with E-state index in [4.69, 9.17) is 9.47 Å². The van der Waals surface area contributed by atoms with Crippen LogP contribution in [0.15, 0.2) is 30.3 Å². The number of esters is 1. The van der Waals surface area contributed by atoms with E-state index in [2.05, 4.69) is 17.6 Å². The van der Waals surface area contributed by atoms with Gasteiger partial charge < -0.3 is 20.1 Å². The second kappa shape index (κ2) is 12.7. The van der Waals surface area contributed by atoms with Gasteiger partial charge in [-0.05, 0) is 18.9 Å². The normalized spacial score (nSPS) is 11.3. The van der Waals surface area contributed by atoms with E-state index in [9.17, 15) is 14.4 Å². The lowest BCUT2D eigenvalue weighted by Gasteiger charge is -2.17. The van der Waals surface area contributed by atoms with Crippen molar-refractivity contribution in [2.45, 2.75) is 52.2 Å².